The number of ketones is 1. The van der Waals surface area contributed by atoms with Crippen LogP contribution >= 0.6 is 11.6 Å². The summed E-state index contributed by atoms with van der Waals surface area (Å²) in [5.41, 5.74) is 2.30. The topological polar surface area (TPSA) is 76.1 Å². The Kier molecular flexibility index (Phi) is 6.74. The number of pyridine rings is 2. The lowest BCUT2D eigenvalue weighted by Crippen LogP contribution is -2.35. The van der Waals surface area contributed by atoms with Crippen LogP contribution in [0.25, 0.3) is 11.3 Å². The predicted octanol–water partition coefficient (Wildman–Crippen LogP) is 3.50. The molecule has 4 rings (SSSR count). The van der Waals surface area contributed by atoms with E-state index in [0.29, 0.717) is 11.4 Å². The van der Waals surface area contributed by atoms with E-state index in [9.17, 15) is 4.79 Å². The third-order valence-electron chi connectivity index (χ3n) is 5.58. The Morgan fingerprint density at radius 1 is 1.31 bits per heavy atom. The summed E-state index contributed by atoms with van der Waals surface area (Å²) in [7, 11) is 0. The van der Waals surface area contributed by atoms with E-state index in [-0.39, 0.29) is 17.8 Å². The van der Waals surface area contributed by atoms with Crippen molar-refractivity contribution in [2.45, 2.75) is 38.2 Å². The number of rotatable bonds is 7. The first-order valence-corrected chi connectivity index (χ1v) is 10.8. The van der Waals surface area contributed by atoms with E-state index in [4.69, 9.17) is 21.3 Å². The second-order valence-electron chi connectivity index (χ2n) is 7.77. The molecule has 2 aromatic rings. The van der Waals surface area contributed by atoms with Crippen molar-refractivity contribution in [3.05, 3.63) is 41.2 Å². The maximum absolute atomic E-state index is 12.6. The van der Waals surface area contributed by atoms with Gasteiger partial charge in [-0.15, -0.1) is 0 Å². The zero-order valence-corrected chi connectivity index (χ0v) is 17.3. The number of anilines is 1. The van der Waals surface area contributed by atoms with E-state index in [1.54, 1.807) is 6.20 Å². The van der Waals surface area contributed by atoms with Gasteiger partial charge < -0.3 is 15.4 Å². The van der Waals surface area contributed by atoms with Gasteiger partial charge in [0.2, 0.25) is 0 Å². The average Bonchev–Trinajstić information content (AvgIpc) is 3.28. The van der Waals surface area contributed by atoms with E-state index in [0.717, 1.165) is 74.7 Å². The fourth-order valence-electron chi connectivity index (χ4n) is 3.93. The lowest BCUT2D eigenvalue weighted by atomic mass is 9.92. The lowest BCUT2D eigenvalue weighted by molar-refractivity contribution is -0.122. The maximum atomic E-state index is 12.6. The van der Waals surface area contributed by atoms with Gasteiger partial charge in [0, 0.05) is 49.5 Å². The highest BCUT2D eigenvalue weighted by atomic mass is 35.5. The molecular formula is C22H27ClN4O2. The van der Waals surface area contributed by atoms with Crippen LogP contribution in [0.1, 0.15) is 31.4 Å². The van der Waals surface area contributed by atoms with Crippen LogP contribution in [0, 0.1) is 5.92 Å². The summed E-state index contributed by atoms with van der Waals surface area (Å²) in [6.07, 6.45) is 6.39. The first-order chi connectivity index (χ1) is 14.2. The van der Waals surface area contributed by atoms with E-state index in [1.807, 2.05) is 24.3 Å². The van der Waals surface area contributed by atoms with Gasteiger partial charge >= 0.3 is 0 Å². The van der Waals surface area contributed by atoms with Crippen molar-refractivity contribution >= 4 is 23.2 Å². The molecule has 0 aliphatic carbocycles. The van der Waals surface area contributed by atoms with Crippen molar-refractivity contribution in [2.75, 3.05) is 31.6 Å². The van der Waals surface area contributed by atoms with Gasteiger partial charge in [-0.25, -0.2) is 4.98 Å². The molecule has 2 aliphatic heterocycles. The Hall–Kier alpha value is -2.02. The molecule has 0 aromatic carbocycles. The minimum atomic E-state index is 0.0770. The standard InChI is InChI=1S/C22H27ClN4O2/c23-19-14-25-16(11-21(28)15-4-2-8-24-12-15)10-18(19)20-6-1-7-22(27-20)26-13-17-5-3-9-29-17/h1,6-7,10,14-15,17,24H,2-5,8-9,11-13H2,(H,26,27)/t15-,17+/m1/s1. The Morgan fingerprint density at radius 2 is 2.24 bits per heavy atom. The molecule has 2 N–H and O–H groups in total. The molecule has 2 aromatic heterocycles. The van der Waals surface area contributed by atoms with Crippen LogP contribution in [0.3, 0.4) is 0 Å². The molecular weight excluding hydrogens is 388 g/mol. The van der Waals surface area contributed by atoms with Crippen LogP contribution in [0.15, 0.2) is 30.5 Å². The van der Waals surface area contributed by atoms with Gasteiger partial charge in [-0.3, -0.25) is 9.78 Å². The Bertz CT molecular complexity index is 848. The molecule has 0 radical (unpaired) electrons. The minimum Gasteiger partial charge on any atom is -0.376 e. The number of hydrogen-bond donors (Lipinski definition) is 2. The summed E-state index contributed by atoms with van der Waals surface area (Å²) in [5.74, 6) is 1.10. The van der Waals surface area contributed by atoms with Crippen molar-refractivity contribution in [2.24, 2.45) is 5.92 Å². The van der Waals surface area contributed by atoms with Gasteiger partial charge in [-0.1, -0.05) is 17.7 Å². The van der Waals surface area contributed by atoms with Crippen LogP contribution in [-0.2, 0) is 16.0 Å². The van der Waals surface area contributed by atoms with Gasteiger partial charge in [0.15, 0.2) is 0 Å². The van der Waals surface area contributed by atoms with Crippen LogP contribution in [0.5, 0.6) is 0 Å². The molecule has 7 heteroatoms. The summed E-state index contributed by atoms with van der Waals surface area (Å²) in [5, 5.41) is 7.18. The number of hydrogen-bond acceptors (Lipinski definition) is 6. The first-order valence-electron chi connectivity index (χ1n) is 10.4. The monoisotopic (exact) mass is 414 g/mol. The molecule has 2 aliphatic rings. The van der Waals surface area contributed by atoms with Crippen LogP contribution in [0.2, 0.25) is 5.02 Å². The average molecular weight is 415 g/mol. The highest BCUT2D eigenvalue weighted by Crippen LogP contribution is 2.28. The Labute approximate surface area is 176 Å². The molecule has 2 fully saturated rings. The minimum absolute atomic E-state index is 0.0770. The third-order valence-corrected chi connectivity index (χ3v) is 5.88. The van der Waals surface area contributed by atoms with Crippen molar-refractivity contribution < 1.29 is 9.53 Å². The van der Waals surface area contributed by atoms with Crippen molar-refractivity contribution in [1.29, 1.82) is 0 Å². The largest absolute Gasteiger partial charge is 0.376 e. The number of carbonyl (C=O) groups is 1. The maximum Gasteiger partial charge on any atom is 0.143 e. The molecule has 0 amide bonds. The van der Waals surface area contributed by atoms with Crippen molar-refractivity contribution in [3.63, 3.8) is 0 Å². The number of carbonyl (C=O) groups excluding carboxylic acids is 1. The van der Waals surface area contributed by atoms with Gasteiger partial charge in [0.05, 0.1) is 16.8 Å². The quantitative estimate of drug-likeness (QED) is 0.722. The van der Waals surface area contributed by atoms with Crippen LogP contribution in [0.4, 0.5) is 5.82 Å². The van der Waals surface area contributed by atoms with Gasteiger partial charge in [0.1, 0.15) is 11.6 Å². The molecule has 2 atom stereocenters. The second kappa shape index (κ2) is 9.65. The lowest BCUT2D eigenvalue weighted by Gasteiger charge is -2.21. The smallest absolute Gasteiger partial charge is 0.143 e. The molecule has 2 saturated heterocycles. The predicted molar refractivity (Wildman–Crippen MR) is 114 cm³/mol. The van der Waals surface area contributed by atoms with E-state index in [1.165, 1.54) is 0 Å². The Morgan fingerprint density at radius 3 is 3.03 bits per heavy atom. The second-order valence-corrected chi connectivity index (χ2v) is 8.17. The summed E-state index contributed by atoms with van der Waals surface area (Å²) in [6.45, 7) is 3.34. The van der Waals surface area contributed by atoms with Crippen molar-refractivity contribution in [1.82, 2.24) is 15.3 Å². The first kappa shape index (κ1) is 20.3. The number of nitrogens with one attached hydrogen (secondary N) is 2. The summed E-state index contributed by atoms with van der Waals surface area (Å²) < 4.78 is 5.66. The number of nitrogens with zero attached hydrogens (tertiary/aromatic N) is 2. The number of ether oxygens (including phenoxy) is 1. The molecule has 0 bridgehead atoms. The molecule has 0 unspecified atom stereocenters. The highest BCUT2D eigenvalue weighted by molar-refractivity contribution is 6.33. The molecule has 6 nitrogen and oxygen atoms in total. The van der Waals surface area contributed by atoms with Crippen LogP contribution < -0.4 is 10.6 Å². The van der Waals surface area contributed by atoms with Crippen LogP contribution in [-0.4, -0.2) is 48.1 Å². The zero-order valence-electron chi connectivity index (χ0n) is 16.5. The third kappa shape index (κ3) is 5.32. The SMILES string of the molecule is O=C(Cc1cc(-c2cccc(NC[C@@H]3CCCO3)n2)c(Cl)cn1)[C@@H]1CCCNC1. The molecule has 0 saturated carbocycles. The van der Waals surface area contributed by atoms with E-state index in [2.05, 4.69) is 15.6 Å². The highest BCUT2D eigenvalue weighted by Gasteiger charge is 2.22. The fraction of sp³-hybridized carbons (Fsp3) is 0.500. The molecule has 4 heterocycles. The van der Waals surface area contributed by atoms with Gasteiger partial charge in [-0.05, 0) is 50.4 Å². The normalized spacial score (nSPS) is 21.8. The zero-order chi connectivity index (χ0) is 20.1. The van der Waals surface area contributed by atoms with Gasteiger partial charge in [-0.2, -0.15) is 0 Å². The summed E-state index contributed by atoms with van der Waals surface area (Å²) >= 11 is 6.41. The van der Waals surface area contributed by atoms with Crippen molar-refractivity contribution in [3.8, 4) is 11.3 Å². The molecule has 29 heavy (non-hydrogen) atoms. The Balaban J connectivity index is 1.46. The fourth-order valence-corrected chi connectivity index (χ4v) is 4.13. The molecule has 154 valence electrons. The summed E-state index contributed by atoms with van der Waals surface area (Å²) in [6, 6.07) is 7.71. The number of aromatic nitrogens is 2. The number of halogens is 1. The van der Waals surface area contributed by atoms with E-state index < -0.39 is 0 Å². The summed E-state index contributed by atoms with van der Waals surface area (Å²) in [4.78, 5) is 21.7. The molecule has 0 spiro atoms. The van der Waals surface area contributed by atoms with E-state index >= 15 is 0 Å². The number of Topliss-reactive ketones (excluding diaryl/α,β-unsaturated/α-hetero) is 1. The number of piperidine rings is 1. The van der Waals surface area contributed by atoms with Gasteiger partial charge in [0.25, 0.3) is 0 Å².